The fraction of sp³-hybridized carbons (Fsp3) is 0.323. The van der Waals surface area contributed by atoms with Gasteiger partial charge in [0.05, 0.1) is 29.9 Å². The lowest BCUT2D eigenvalue weighted by Crippen LogP contribution is -2.36. The third-order valence-electron chi connectivity index (χ3n) is 7.68. The monoisotopic (exact) mass is 542 g/mol. The molecule has 3 atom stereocenters. The van der Waals surface area contributed by atoms with E-state index in [-0.39, 0.29) is 36.2 Å². The van der Waals surface area contributed by atoms with Crippen LogP contribution in [0, 0.1) is 19.8 Å². The van der Waals surface area contributed by atoms with Gasteiger partial charge in [-0.1, -0.05) is 30.3 Å². The standard InChI is InChI=1S/C31H34N4O5/c1-17-26(33-19(3)28(17)31(39)32-15-27(36)22-11-12-40-16-22)14-24-23-13-21(9-10-25(23)35-30(24)38)29(37)34-18(2)20-7-5-4-6-8-20/h4-10,13-14,18,22,27,33,36H,11-12,15-16H2,1-3H3,(H,32,39)(H,34,37)(H,35,38)/b24-14-. The van der Waals surface area contributed by atoms with Gasteiger partial charge in [-0.15, -0.1) is 0 Å². The average molecular weight is 543 g/mol. The number of ether oxygens (including phenoxy) is 1. The van der Waals surface area contributed by atoms with Gasteiger partial charge in [-0.3, -0.25) is 14.4 Å². The van der Waals surface area contributed by atoms with Gasteiger partial charge in [0.1, 0.15) is 0 Å². The summed E-state index contributed by atoms with van der Waals surface area (Å²) >= 11 is 0. The van der Waals surface area contributed by atoms with E-state index in [2.05, 4.69) is 20.9 Å². The lowest BCUT2D eigenvalue weighted by Gasteiger charge is -2.17. The van der Waals surface area contributed by atoms with Crippen molar-refractivity contribution in [1.29, 1.82) is 0 Å². The van der Waals surface area contributed by atoms with E-state index in [1.165, 1.54) is 0 Å². The minimum Gasteiger partial charge on any atom is -0.391 e. The molecule has 0 saturated carbocycles. The summed E-state index contributed by atoms with van der Waals surface area (Å²) in [5.41, 5.74) is 5.51. The molecule has 5 rings (SSSR count). The normalized spacial score (nSPS) is 18.8. The summed E-state index contributed by atoms with van der Waals surface area (Å²) < 4.78 is 5.32. The molecule has 3 amide bonds. The maximum Gasteiger partial charge on any atom is 0.256 e. The largest absolute Gasteiger partial charge is 0.391 e. The molecule has 208 valence electrons. The minimum atomic E-state index is -0.673. The fourth-order valence-electron chi connectivity index (χ4n) is 5.29. The van der Waals surface area contributed by atoms with Gasteiger partial charge >= 0.3 is 0 Å². The van der Waals surface area contributed by atoms with Gasteiger partial charge in [0.2, 0.25) is 0 Å². The number of H-pyrrole nitrogens is 1. The molecule has 3 unspecified atom stereocenters. The van der Waals surface area contributed by atoms with Gasteiger partial charge in [0.15, 0.2) is 0 Å². The number of amides is 3. The van der Waals surface area contributed by atoms with Gasteiger partial charge in [-0.05, 0) is 62.6 Å². The third-order valence-corrected chi connectivity index (χ3v) is 7.68. The number of aromatic nitrogens is 1. The Hall–Kier alpha value is -4.21. The van der Waals surface area contributed by atoms with E-state index in [0.29, 0.717) is 58.1 Å². The van der Waals surface area contributed by atoms with Crippen LogP contribution in [0.15, 0.2) is 48.5 Å². The number of nitrogens with one attached hydrogen (secondary N) is 4. The number of aryl methyl sites for hydroxylation is 1. The van der Waals surface area contributed by atoms with E-state index in [1.54, 1.807) is 31.2 Å². The molecule has 0 bridgehead atoms. The van der Waals surface area contributed by atoms with Crippen LogP contribution in [0.25, 0.3) is 11.6 Å². The number of carbonyl (C=O) groups is 3. The molecule has 9 nitrogen and oxygen atoms in total. The van der Waals surface area contributed by atoms with Crippen molar-refractivity contribution in [3.05, 3.63) is 87.7 Å². The summed E-state index contributed by atoms with van der Waals surface area (Å²) in [6.07, 6.45) is 1.81. The van der Waals surface area contributed by atoms with Crippen molar-refractivity contribution in [3.8, 4) is 0 Å². The van der Waals surface area contributed by atoms with Crippen molar-refractivity contribution in [2.45, 2.75) is 39.3 Å². The molecule has 9 heteroatoms. The number of anilines is 1. The van der Waals surface area contributed by atoms with Crippen molar-refractivity contribution < 1.29 is 24.2 Å². The Balaban J connectivity index is 1.35. The van der Waals surface area contributed by atoms with E-state index in [1.807, 2.05) is 44.2 Å². The second-order valence-electron chi connectivity index (χ2n) is 10.4. The van der Waals surface area contributed by atoms with Crippen LogP contribution in [0.2, 0.25) is 0 Å². The van der Waals surface area contributed by atoms with Crippen LogP contribution in [-0.2, 0) is 9.53 Å². The zero-order valence-electron chi connectivity index (χ0n) is 22.8. The predicted octanol–water partition coefficient (Wildman–Crippen LogP) is 3.74. The molecule has 1 fully saturated rings. The van der Waals surface area contributed by atoms with Crippen molar-refractivity contribution in [1.82, 2.24) is 15.6 Å². The molecular formula is C31H34N4O5. The molecule has 0 radical (unpaired) electrons. The van der Waals surface area contributed by atoms with Crippen LogP contribution in [0.5, 0.6) is 0 Å². The van der Waals surface area contributed by atoms with Crippen LogP contribution in [0.3, 0.4) is 0 Å². The summed E-state index contributed by atoms with van der Waals surface area (Å²) in [4.78, 5) is 42.2. The van der Waals surface area contributed by atoms with Crippen LogP contribution in [0.1, 0.15) is 68.2 Å². The zero-order chi connectivity index (χ0) is 28.4. The Kier molecular flexibility index (Phi) is 7.86. The summed E-state index contributed by atoms with van der Waals surface area (Å²) in [5.74, 6) is -0.806. The van der Waals surface area contributed by atoms with Crippen LogP contribution < -0.4 is 16.0 Å². The highest BCUT2D eigenvalue weighted by Crippen LogP contribution is 2.35. The number of hydrogen-bond acceptors (Lipinski definition) is 5. The number of rotatable bonds is 8. The highest BCUT2D eigenvalue weighted by Gasteiger charge is 2.28. The van der Waals surface area contributed by atoms with Crippen molar-refractivity contribution in [3.63, 3.8) is 0 Å². The number of hydrogen-bond donors (Lipinski definition) is 5. The van der Waals surface area contributed by atoms with Crippen molar-refractivity contribution in [2.24, 2.45) is 5.92 Å². The Bertz CT molecular complexity index is 1470. The molecule has 0 aliphatic carbocycles. The number of aromatic amines is 1. The molecule has 2 aromatic carbocycles. The zero-order valence-corrected chi connectivity index (χ0v) is 22.8. The van der Waals surface area contributed by atoms with Gasteiger partial charge in [0, 0.05) is 47.3 Å². The molecule has 3 aromatic rings. The number of aliphatic hydroxyl groups excluding tert-OH is 1. The van der Waals surface area contributed by atoms with E-state index in [9.17, 15) is 19.5 Å². The maximum absolute atomic E-state index is 13.0. The van der Waals surface area contributed by atoms with Crippen LogP contribution in [-0.4, -0.2) is 53.7 Å². The fourth-order valence-corrected chi connectivity index (χ4v) is 5.29. The molecule has 5 N–H and O–H groups in total. The van der Waals surface area contributed by atoms with Gasteiger partial charge in [-0.2, -0.15) is 0 Å². The number of carbonyl (C=O) groups excluding carboxylic acids is 3. The molecule has 3 heterocycles. The summed E-state index contributed by atoms with van der Waals surface area (Å²) in [7, 11) is 0. The van der Waals surface area contributed by atoms with E-state index in [0.717, 1.165) is 12.0 Å². The first kappa shape index (κ1) is 27.4. The molecule has 1 aromatic heterocycles. The van der Waals surface area contributed by atoms with Crippen molar-refractivity contribution >= 4 is 35.1 Å². The number of benzene rings is 2. The first-order valence-corrected chi connectivity index (χ1v) is 13.5. The average Bonchev–Trinajstić information content (AvgIpc) is 3.66. The molecular weight excluding hydrogens is 508 g/mol. The Morgan fingerprint density at radius 1 is 1.15 bits per heavy atom. The lowest BCUT2D eigenvalue weighted by molar-refractivity contribution is -0.110. The maximum atomic E-state index is 13.0. The topological polar surface area (TPSA) is 133 Å². The Labute approximate surface area is 233 Å². The predicted molar refractivity (Wildman–Crippen MR) is 153 cm³/mol. The molecule has 1 saturated heterocycles. The van der Waals surface area contributed by atoms with Crippen molar-refractivity contribution in [2.75, 3.05) is 25.1 Å². The number of aliphatic hydroxyl groups is 1. The Morgan fingerprint density at radius 2 is 1.93 bits per heavy atom. The van der Waals surface area contributed by atoms with Gasteiger partial charge in [-0.25, -0.2) is 0 Å². The third kappa shape index (κ3) is 5.57. The highest BCUT2D eigenvalue weighted by atomic mass is 16.5. The van der Waals surface area contributed by atoms with E-state index in [4.69, 9.17) is 4.74 Å². The summed E-state index contributed by atoms with van der Waals surface area (Å²) in [6, 6.07) is 14.6. The first-order valence-electron chi connectivity index (χ1n) is 13.5. The SMILES string of the molecule is Cc1[nH]c(/C=C2\C(=O)Nc3ccc(C(=O)NC(C)c4ccccc4)cc32)c(C)c1C(=O)NCC(O)C1CCOC1. The smallest absolute Gasteiger partial charge is 0.256 e. The van der Waals surface area contributed by atoms with Crippen LogP contribution >= 0.6 is 0 Å². The summed E-state index contributed by atoms with van der Waals surface area (Å²) in [6.45, 7) is 6.79. The van der Waals surface area contributed by atoms with Gasteiger partial charge < -0.3 is 30.8 Å². The quantitative estimate of drug-likeness (QED) is 0.277. The second-order valence-corrected chi connectivity index (χ2v) is 10.4. The summed E-state index contributed by atoms with van der Waals surface area (Å²) in [5, 5.41) is 19.1. The lowest BCUT2D eigenvalue weighted by atomic mass is 10.0. The van der Waals surface area contributed by atoms with Crippen LogP contribution in [0.4, 0.5) is 5.69 Å². The highest BCUT2D eigenvalue weighted by molar-refractivity contribution is 6.35. The van der Waals surface area contributed by atoms with E-state index >= 15 is 0 Å². The Morgan fingerprint density at radius 3 is 2.65 bits per heavy atom. The van der Waals surface area contributed by atoms with Gasteiger partial charge in [0.25, 0.3) is 17.7 Å². The molecule has 40 heavy (non-hydrogen) atoms. The second kappa shape index (κ2) is 11.5. The molecule has 0 spiro atoms. The number of fused-ring (bicyclic) bond motifs is 1. The molecule has 2 aliphatic rings. The van der Waals surface area contributed by atoms with E-state index < -0.39 is 6.10 Å². The molecule has 2 aliphatic heterocycles. The first-order chi connectivity index (χ1) is 19.2. The minimum absolute atomic E-state index is 0.0171.